The van der Waals surface area contributed by atoms with E-state index in [-0.39, 0.29) is 0 Å². The van der Waals surface area contributed by atoms with E-state index in [2.05, 4.69) is 45.9 Å². The van der Waals surface area contributed by atoms with Gasteiger partial charge < -0.3 is 5.73 Å². The Morgan fingerprint density at radius 2 is 1.78 bits per heavy atom. The van der Waals surface area contributed by atoms with Crippen molar-refractivity contribution in [1.29, 1.82) is 0 Å². The Morgan fingerprint density at radius 1 is 1.06 bits per heavy atom. The highest BCUT2D eigenvalue weighted by Gasteiger charge is 2.14. The zero-order valence-corrected chi connectivity index (χ0v) is 12.5. The topological polar surface area (TPSA) is 26.0 Å². The summed E-state index contributed by atoms with van der Waals surface area (Å²) in [5, 5.41) is 0. The van der Waals surface area contributed by atoms with E-state index in [0.29, 0.717) is 12.0 Å². The van der Waals surface area contributed by atoms with E-state index in [1.54, 1.807) is 5.56 Å². The molecular formula is C17H29N. The van der Waals surface area contributed by atoms with Crippen LogP contribution in [0, 0.1) is 0 Å². The number of hydrogen-bond donors (Lipinski definition) is 1. The lowest BCUT2D eigenvalue weighted by Crippen LogP contribution is -2.16. The highest BCUT2D eigenvalue weighted by atomic mass is 14.6. The predicted molar refractivity (Wildman–Crippen MR) is 81.1 cm³/mol. The molecule has 0 bridgehead atoms. The number of hydrogen-bond acceptors (Lipinski definition) is 1. The number of benzene rings is 1. The average Bonchev–Trinajstić information content (AvgIpc) is 2.38. The summed E-state index contributed by atoms with van der Waals surface area (Å²) in [5.41, 5.74) is 10.4. The molecule has 0 saturated carbocycles. The molecule has 2 N–H and O–H groups in total. The van der Waals surface area contributed by atoms with Crippen molar-refractivity contribution < 1.29 is 0 Å². The third kappa shape index (κ3) is 4.13. The summed E-state index contributed by atoms with van der Waals surface area (Å²) in [4.78, 5) is 0. The van der Waals surface area contributed by atoms with E-state index in [4.69, 9.17) is 5.73 Å². The summed E-state index contributed by atoms with van der Waals surface area (Å²) in [5.74, 6) is 0.678. The van der Waals surface area contributed by atoms with Gasteiger partial charge in [-0.3, -0.25) is 0 Å². The highest BCUT2D eigenvalue weighted by molar-refractivity contribution is 5.35. The monoisotopic (exact) mass is 247 g/mol. The maximum atomic E-state index is 5.90. The number of nitrogens with two attached hydrogens (primary N) is 1. The van der Waals surface area contributed by atoms with Crippen molar-refractivity contribution in [3.63, 3.8) is 0 Å². The first-order chi connectivity index (χ1) is 8.62. The van der Waals surface area contributed by atoms with Gasteiger partial charge in [0.05, 0.1) is 0 Å². The molecule has 0 spiro atoms. The molecule has 0 fully saturated rings. The fourth-order valence-corrected chi connectivity index (χ4v) is 2.61. The Morgan fingerprint density at radius 3 is 2.28 bits per heavy atom. The molecule has 0 aliphatic rings. The van der Waals surface area contributed by atoms with Gasteiger partial charge in [-0.15, -0.1) is 0 Å². The predicted octanol–water partition coefficient (Wildman–Crippen LogP) is 4.43. The van der Waals surface area contributed by atoms with Crippen molar-refractivity contribution in [2.45, 2.75) is 71.8 Å². The molecule has 102 valence electrons. The van der Waals surface area contributed by atoms with Crippen LogP contribution in [0.2, 0.25) is 0 Å². The molecule has 1 heteroatoms. The summed E-state index contributed by atoms with van der Waals surface area (Å²) < 4.78 is 0. The van der Waals surface area contributed by atoms with Crippen molar-refractivity contribution >= 4 is 0 Å². The Kier molecular flexibility index (Phi) is 6.42. The molecule has 0 amide bonds. The van der Waals surface area contributed by atoms with Crippen molar-refractivity contribution in [2.24, 2.45) is 5.73 Å². The summed E-state index contributed by atoms with van der Waals surface area (Å²) in [7, 11) is 0. The van der Waals surface area contributed by atoms with Crippen molar-refractivity contribution in [3.8, 4) is 0 Å². The molecule has 0 aromatic heterocycles. The first kappa shape index (κ1) is 15.2. The van der Waals surface area contributed by atoms with Crippen LogP contribution in [0.4, 0.5) is 0 Å². The van der Waals surface area contributed by atoms with Crippen LogP contribution in [0.1, 0.15) is 69.6 Å². The van der Waals surface area contributed by atoms with Gasteiger partial charge in [0.1, 0.15) is 0 Å². The van der Waals surface area contributed by atoms with Crippen LogP contribution in [0.5, 0.6) is 0 Å². The number of aryl methyl sites for hydroxylation is 2. The van der Waals surface area contributed by atoms with Crippen LogP contribution in [0.25, 0.3) is 0 Å². The van der Waals surface area contributed by atoms with Gasteiger partial charge in [0.25, 0.3) is 0 Å². The molecule has 18 heavy (non-hydrogen) atoms. The van der Waals surface area contributed by atoms with Crippen molar-refractivity contribution in [2.75, 3.05) is 0 Å². The van der Waals surface area contributed by atoms with Crippen molar-refractivity contribution in [1.82, 2.24) is 0 Å². The fourth-order valence-electron chi connectivity index (χ4n) is 2.61. The van der Waals surface area contributed by atoms with E-state index < -0.39 is 0 Å². The summed E-state index contributed by atoms with van der Waals surface area (Å²) in [6, 6.07) is 7.34. The maximum Gasteiger partial charge on any atom is 0.00106 e. The minimum absolute atomic E-state index is 0.318. The summed E-state index contributed by atoms with van der Waals surface area (Å²) in [6.07, 6.45) is 5.81. The Bertz CT molecular complexity index is 355. The van der Waals surface area contributed by atoms with E-state index in [1.807, 2.05) is 0 Å². The van der Waals surface area contributed by atoms with Crippen LogP contribution in [-0.2, 0) is 12.8 Å². The lowest BCUT2D eigenvalue weighted by Gasteiger charge is -2.20. The molecule has 0 heterocycles. The van der Waals surface area contributed by atoms with Gasteiger partial charge in [0.15, 0.2) is 0 Å². The molecule has 1 rings (SSSR count). The first-order valence-corrected chi connectivity index (χ1v) is 7.49. The summed E-state index contributed by atoms with van der Waals surface area (Å²) >= 11 is 0. The molecule has 0 aliphatic carbocycles. The standard InChI is InChI=1S/C17H29N/c1-5-14-9-11-16(7-3)17(12-14)15(6-2)10-8-13(4)18/h9,11-13,15H,5-8,10,18H2,1-4H3. The second kappa shape index (κ2) is 7.58. The Labute approximate surface area is 113 Å². The summed E-state index contributed by atoms with van der Waals surface area (Å²) in [6.45, 7) is 8.89. The van der Waals surface area contributed by atoms with Gasteiger partial charge >= 0.3 is 0 Å². The lowest BCUT2D eigenvalue weighted by atomic mass is 9.85. The zero-order chi connectivity index (χ0) is 13.5. The minimum Gasteiger partial charge on any atom is -0.328 e. The maximum absolute atomic E-state index is 5.90. The smallest absolute Gasteiger partial charge is 0.00106 e. The molecule has 0 saturated heterocycles. The van der Waals surface area contributed by atoms with E-state index in [9.17, 15) is 0 Å². The van der Waals surface area contributed by atoms with E-state index in [1.165, 1.54) is 24.0 Å². The molecule has 0 radical (unpaired) electrons. The van der Waals surface area contributed by atoms with Crippen molar-refractivity contribution in [3.05, 3.63) is 34.9 Å². The highest BCUT2D eigenvalue weighted by Crippen LogP contribution is 2.29. The van der Waals surface area contributed by atoms with Gasteiger partial charge in [0.2, 0.25) is 0 Å². The van der Waals surface area contributed by atoms with Crippen LogP contribution in [0.15, 0.2) is 18.2 Å². The second-order valence-corrected chi connectivity index (χ2v) is 5.40. The van der Waals surface area contributed by atoms with Crippen LogP contribution < -0.4 is 5.73 Å². The van der Waals surface area contributed by atoms with Crippen LogP contribution >= 0.6 is 0 Å². The van der Waals surface area contributed by atoms with E-state index >= 15 is 0 Å². The molecule has 1 aromatic rings. The van der Waals surface area contributed by atoms with Crippen LogP contribution in [-0.4, -0.2) is 6.04 Å². The molecule has 2 atom stereocenters. The van der Waals surface area contributed by atoms with Gasteiger partial charge in [-0.25, -0.2) is 0 Å². The minimum atomic E-state index is 0.318. The molecular weight excluding hydrogens is 218 g/mol. The lowest BCUT2D eigenvalue weighted by molar-refractivity contribution is 0.529. The molecule has 1 aromatic carbocycles. The molecule has 0 aliphatic heterocycles. The fraction of sp³-hybridized carbons (Fsp3) is 0.647. The third-order valence-electron chi connectivity index (χ3n) is 3.90. The van der Waals surface area contributed by atoms with Gasteiger partial charge in [-0.05, 0) is 61.6 Å². The second-order valence-electron chi connectivity index (χ2n) is 5.40. The van der Waals surface area contributed by atoms with Gasteiger partial charge in [-0.2, -0.15) is 0 Å². The van der Waals surface area contributed by atoms with Crippen LogP contribution in [0.3, 0.4) is 0 Å². The number of rotatable bonds is 7. The quantitative estimate of drug-likeness (QED) is 0.757. The SMILES string of the molecule is CCc1ccc(CC)c(C(CC)CCC(C)N)c1. The normalized spacial score (nSPS) is 14.5. The largest absolute Gasteiger partial charge is 0.328 e. The van der Waals surface area contributed by atoms with Gasteiger partial charge in [-0.1, -0.05) is 39.0 Å². The average molecular weight is 247 g/mol. The zero-order valence-electron chi connectivity index (χ0n) is 12.5. The Balaban J connectivity index is 2.94. The molecule has 2 unspecified atom stereocenters. The molecule has 1 nitrogen and oxygen atoms in total. The Hall–Kier alpha value is -0.820. The van der Waals surface area contributed by atoms with Gasteiger partial charge in [0, 0.05) is 6.04 Å². The first-order valence-electron chi connectivity index (χ1n) is 7.49. The third-order valence-corrected chi connectivity index (χ3v) is 3.90. The van der Waals surface area contributed by atoms with E-state index in [0.717, 1.165) is 19.3 Å².